The van der Waals surface area contributed by atoms with Gasteiger partial charge in [-0.2, -0.15) is 13.2 Å². The predicted molar refractivity (Wildman–Crippen MR) is 82.4 cm³/mol. The van der Waals surface area contributed by atoms with Crippen molar-refractivity contribution in [3.63, 3.8) is 0 Å². The van der Waals surface area contributed by atoms with Gasteiger partial charge in [0.1, 0.15) is 5.76 Å². The molecule has 2 saturated carbocycles. The molecule has 1 atom stereocenters. The lowest BCUT2D eigenvalue weighted by atomic mass is 9.95. The van der Waals surface area contributed by atoms with Crippen LogP contribution in [-0.4, -0.2) is 35.0 Å². The van der Waals surface area contributed by atoms with E-state index in [1.807, 2.05) is 0 Å². The van der Waals surface area contributed by atoms with Gasteiger partial charge in [0.25, 0.3) is 5.91 Å². The van der Waals surface area contributed by atoms with E-state index < -0.39 is 30.1 Å². The van der Waals surface area contributed by atoms with E-state index >= 15 is 0 Å². The monoisotopic (exact) mass is 358 g/mol. The molecule has 2 fully saturated rings. The Balaban J connectivity index is 1.85. The summed E-state index contributed by atoms with van der Waals surface area (Å²) in [4.78, 5) is 25.4. The van der Waals surface area contributed by atoms with Crippen molar-refractivity contribution in [1.29, 1.82) is 0 Å². The van der Waals surface area contributed by atoms with Gasteiger partial charge in [0, 0.05) is 12.1 Å². The van der Waals surface area contributed by atoms with Crippen LogP contribution in [0.3, 0.4) is 0 Å². The average molecular weight is 358 g/mol. The van der Waals surface area contributed by atoms with Crippen molar-refractivity contribution in [3.8, 4) is 0 Å². The van der Waals surface area contributed by atoms with E-state index in [4.69, 9.17) is 4.42 Å². The highest BCUT2D eigenvalue weighted by molar-refractivity contribution is 5.91. The van der Waals surface area contributed by atoms with Crippen molar-refractivity contribution in [1.82, 2.24) is 10.2 Å². The third-order valence-electron chi connectivity index (χ3n) is 4.71. The SMILES string of the molecule is O=C(NC1CCCCC1)[C@@H](c1ccco1)N(C(=O)C(F)(F)F)C1CC1. The number of hydrogen-bond acceptors (Lipinski definition) is 3. The number of carbonyl (C=O) groups is 2. The van der Waals surface area contributed by atoms with Gasteiger partial charge >= 0.3 is 12.1 Å². The fourth-order valence-electron chi connectivity index (χ4n) is 3.36. The highest BCUT2D eigenvalue weighted by Crippen LogP contribution is 2.38. The molecule has 2 amide bonds. The van der Waals surface area contributed by atoms with E-state index in [2.05, 4.69) is 5.32 Å². The van der Waals surface area contributed by atoms with E-state index in [9.17, 15) is 22.8 Å². The maximum absolute atomic E-state index is 13.1. The molecule has 5 nitrogen and oxygen atoms in total. The number of carbonyl (C=O) groups excluding carboxylic acids is 2. The summed E-state index contributed by atoms with van der Waals surface area (Å²) < 4.78 is 44.4. The Morgan fingerprint density at radius 2 is 1.84 bits per heavy atom. The molecule has 3 rings (SSSR count). The minimum absolute atomic E-state index is 0.0535. The fraction of sp³-hybridized carbons (Fsp3) is 0.647. The Morgan fingerprint density at radius 1 is 1.16 bits per heavy atom. The smallest absolute Gasteiger partial charge is 0.467 e. The highest BCUT2D eigenvalue weighted by atomic mass is 19.4. The largest absolute Gasteiger partial charge is 0.471 e. The minimum Gasteiger partial charge on any atom is -0.467 e. The number of amides is 2. The molecule has 1 aromatic rings. The van der Waals surface area contributed by atoms with Crippen LogP contribution < -0.4 is 5.32 Å². The van der Waals surface area contributed by atoms with E-state index in [0.29, 0.717) is 17.7 Å². The molecule has 0 bridgehead atoms. The van der Waals surface area contributed by atoms with Gasteiger partial charge in [-0.25, -0.2) is 0 Å². The lowest BCUT2D eigenvalue weighted by Gasteiger charge is -2.32. The fourth-order valence-corrected chi connectivity index (χ4v) is 3.36. The number of hydrogen-bond donors (Lipinski definition) is 1. The van der Waals surface area contributed by atoms with Crippen molar-refractivity contribution in [2.45, 2.75) is 69.2 Å². The number of nitrogens with zero attached hydrogens (tertiary/aromatic N) is 1. The van der Waals surface area contributed by atoms with E-state index in [-0.39, 0.29) is 11.8 Å². The second kappa shape index (κ2) is 7.09. The predicted octanol–water partition coefficient (Wildman–Crippen LogP) is 3.32. The lowest BCUT2D eigenvalue weighted by molar-refractivity contribution is -0.189. The van der Waals surface area contributed by atoms with Crippen LogP contribution in [0.1, 0.15) is 56.7 Å². The first-order valence-corrected chi connectivity index (χ1v) is 8.61. The number of rotatable bonds is 5. The molecule has 0 aliphatic heterocycles. The van der Waals surface area contributed by atoms with Crippen LogP contribution in [-0.2, 0) is 9.59 Å². The number of nitrogens with one attached hydrogen (secondary N) is 1. The summed E-state index contributed by atoms with van der Waals surface area (Å²) in [6.07, 6.45) is 1.81. The lowest BCUT2D eigenvalue weighted by Crippen LogP contribution is -2.51. The Kier molecular flexibility index (Phi) is 5.06. The van der Waals surface area contributed by atoms with Gasteiger partial charge in [0.2, 0.25) is 0 Å². The summed E-state index contributed by atoms with van der Waals surface area (Å²) in [5, 5.41) is 2.82. The zero-order chi connectivity index (χ0) is 18.0. The normalized spacial score (nSPS) is 20.1. The van der Waals surface area contributed by atoms with Crippen LogP contribution >= 0.6 is 0 Å². The molecule has 1 aromatic heterocycles. The first-order chi connectivity index (χ1) is 11.9. The first-order valence-electron chi connectivity index (χ1n) is 8.61. The van der Waals surface area contributed by atoms with Gasteiger partial charge in [-0.05, 0) is 37.8 Å². The van der Waals surface area contributed by atoms with Gasteiger partial charge in [0.05, 0.1) is 6.26 Å². The molecule has 1 N–H and O–H groups in total. The summed E-state index contributed by atoms with van der Waals surface area (Å²) in [6, 6.07) is 0.893. The zero-order valence-corrected chi connectivity index (χ0v) is 13.7. The van der Waals surface area contributed by atoms with Crippen LogP contribution in [0.25, 0.3) is 0 Å². The first kappa shape index (κ1) is 17.8. The molecule has 8 heteroatoms. The van der Waals surface area contributed by atoms with Gasteiger partial charge in [-0.1, -0.05) is 19.3 Å². The van der Waals surface area contributed by atoms with Crippen LogP contribution in [0.2, 0.25) is 0 Å². The maximum atomic E-state index is 13.1. The molecule has 0 saturated heterocycles. The Morgan fingerprint density at radius 3 is 2.36 bits per heavy atom. The van der Waals surface area contributed by atoms with Gasteiger partial charge in [0.15, 0.2) is 6.04 Å². The van der Waals surface area contributed by atoms with Crippen molar-refractivity contribution in [2.75, 3.05) is 0 Å². The molecule has 25 heavy (non-hydrogen) atoms. The Bertz CT molecular complexity index is 605. The van der Waals surface area contributed by atoms with Gasteiger partial charge in [-0.3, -0.25) is 9.59 Å². The Hall–Kier alpha value is -1.99. The van der Waals surface area contributed by atoms with Crippen molar-refractivity contribution in [3.05, 3.63) is 24.2 Å². The van der Waals surface area contributed by atoms with Crippen molar-refractivity contribution < 1.29 is 27.2 Å². The molecule has 2 aliphatic carbocycles. The van der Waals surface area contributed by atoms with Crippen molar-refractivity contribution in [2.24, 2.45) is 0 Å². The third kappa shape index (κ3) is 4.16. The van der Waals surface area contributed by atoms with Gasteiger partial charge < -0.3 is 14.6 Å². The molecule has 0 spiro atoms. The summed E-state index contributed by atoms with van der Waals surface area (Å²) in [5.41, 5.74) is 0. The summed E-state index contributed by atoms with van der Waals surface area (Å²) in [7, 11) is 0. The van der Waals surface area contributed by atoms with Crippen LogP contribution in [0.5, 0.6) is 0 Å². The third-order valence-corrected chi connectivity index (χ3v) is 4.71. The van der Waals surface area contributed by atoms with Gasteiger partial charge in [-0.15, -0.1) is 0 Å². The average Bonchev–Trinajstić information content (AvgIpc) is 3.26. The molecule has 2 aliphatic rings. The standard InChI is InChI=1S/C17H21F3N2O3/c18-17(19,20)16(24)22(12-8-9-12)14(13-7-4-10-25-13)15(23)21-11-5-2-1-3-6-11/h4,7,10-12,14H,1-3,5-6,8-9H2,(H,21,23)/t14-/m1/s1. The maximum Gasteiger partial charge on any atom is 0.471 e. The summed E-state index contributed by atoms with van der Waals surface area (Å²) >= 11 is 0. The molecular formula is C17H21F3N2O3. The highest BCUT2D eigenvalue weighted by Gasteiger charge is 2.52. The molecule has 138 valence electrons. The van der Waals surface area contributed by atoms with E-state index in [1.54, 1.807) is 0 Å². The minimum atomic E-state index is -5.03. The van der Waals surface area contributed by atoms with Crippen LogP contribution in [0, 0.1) is 0 Å². The molecule has 0 radical (unpaired) electrons. The van der Waals surface area contributed by atoms with Crippen LogP contribution in [0.15, 0.2) is 22.8 Å². The number of furan rings is 1. The molecular weight excluding hydrogens is 337 g/mol. The number of alkyl halides is 3. The summed E-state index contributed by atoms with van der Waals surface area (Å²) in [6.45, 7) is 0. The van der Waals surface area contributed by atoms with Crippen molar-refractivity contribution >= 4 is 11.8 Å². The molecule has 0 aromatic carbocycles. The van der Waals surface area contributed by atoms with Crippen LogP contribution in [0.4, 0.5) is 13.2 Å². The van der Waals surface area contributed by atoms with E-state index in [0.717, 1.165) is 32.1 Å². The number of halogens is 3. The Labute approximate surface area is 143 Å². The summed E-state index contributed by atoms with van der Waals surface area (Å²) in [5.74, 6) is -2.54. The zero-order valence-electron chi connectivity index (χ0n) is 13.7. The molecule has 0 unspecified atom stereocenters. The van der Waals surface area contributed by atoms with E-state index in [1.165, 1.54) is 18.4 Å². The topological polar surface area (TPSA) is 62.6 Å². The second-order valence-corrected chi connectivity index (χ2v) is 6.70. The second-order valence-electron chi connectivity index (χ2n) is 6.70. The molecule has 1 heterocycles. The quantitative estimate of drug-likeness (QED) is 0.878.